The van der Waals surface area contributed by atoms with Gasteiger partial charge in [-0.25, -0.2) is 0 Å². The summed E-state index contributed by atoms with van der Waals surface area (Å²) < 4.78 is 24.6. The molecule has 0 aromatic heterocycles. The average molecular weight is 389 g/mol. The number of halogens is 1. The van der Waals surface area contributed by atoms with Crippen LogP contribution in [0.4, 0.5) is 5.69 Å². The molecule has 0 spiro atoms. The van der Waals surface area contributed by atoms with Gasteiger partial charge in [0.15, 0.2) is 0 Å². The molecule has 0 saturated heterocycles. The molecule has 1 heterocycles. The molecule has 0 amide bonds. The van der Waals surface area contributed by atoms with Gasteiger partial charge in [-0.3, -0.25) is 9.56 Å². The highest BCUT2D eigenvalue weighted by Crippen LogP contribution is 2.49. The average Bonchev–Trinajstić information content (AvgIpc) is 2.59. The Morgan fingerprint density at radius 3 is 2.64 bits per heavy atom. The monoisotopic (exact) mass is 388 g/mol. The third-order valence-corrected chi connectivity index (χ3v) is 5.90. The van der Waals surface area contributed by atoms with Crippen LogP contribution in [0.5, 0.6) is 0 Å². The molecule has 1 aliphatic rings. The Morgan fingerprint density at radius 1 is 1.32 bits per heavy atom. The van der Waals surface area contributed by atoms with Crippen LogP contribution in [0.25, 0.3) is 0 Å². The highest BCUT2D eigenvalue weighted by Gasteiger charge is 2.29. The zero-order chi connectivity index (χ0) is 16.2. The summed E-state index contributed by atoms with van der Waals surface area (Å²) in [5, 5.41) is 0. The molecule has 1 aliphatic heterocycles. The van der Waals surface area contributed by atoms with Gasteiger partial charge in [0, 0.05) is 29.3 Å². The first-order valence-corrected chi connectivity index (χ1v) is 9.93. The molecule has 0 aliphatic carbocycles. The minimum absolute atomic E-state index is 0.206. The van der Waals surface area contributed by atoms with Crippen molar-refractivity contribution < 1.29 is 13.6 Å². The predicted molar refractivity (Wildman–Crippen MR) is 94.5 cm³/mol. The van der Waals surface area contributed by atoms with Gasteiger partial charge in [0.2, 0.25) is 0 Å². The van der Waals surface area contributed by atoms with Crippen LogP contribution in [0.1, 0.15) is 19.4 Å². The van der Waals surface area contributed by atoms with Gasteiger partial charge >= 0.3 is 7.60 Å². The third-order valence-electron chi connectivity index (χ3n) is 3.42. The van der Waals surface area contributed by atoms with Gasteiger partial charge in [0.25, 0.3) is 0 Å². The number of benzodiazepines with no additional fused rings is 1. The van der Waals surface area contributed by atoms with Crippen LogP contribution >= 0.6 is 23.5 Å². The summed E-state index contributed by atoms with van der Waals surface area (Å²) in [7, 11) is -1.12. The Morgan fingerprint density at radius 2 is 2.00 bits per heavy atom. The minimum atomic E-state index is -3.16. The van der Waals surface area contributed by atoms with Gasteiger partial charge in [0.05, 0.1) is 31.6 Å². The quantitative estimate of drug-likeness (QED) is 0.692. The van der Waals surface area contributed by atoms with E-state index in [0.717, 1.165) is 28.0 Å². The number of likely N-dealkylation sites (N-methyl/N-ethyl adjacent to an activating group) is 1. The number of nitrogens with zero attached hydrogens (tertiary/aromatic N) is 2. The SMILES string of the molecule is CCOP(=O)(CC1=NCCN(C)c2cc(Br)ccc21)OCC. The van der Waals surface area contributed by atoms with Crippen LogP contribution in [0.2, 0.25) is 0 Å². The van der Waals surface area contributed by atoms with Crippen molar-refractivity contribution in [3.05, 3.63) is 28.2 Å². The zero-order valence-electron chi connectivity index (χ0n) is 13.2. The van der Waals surface area contributed by atoms with E-state index in [4.69, 9.17) is 9.05 Å². The predicted octanol–water partition coefficient (Wildman–Crippen LogP) is 3.95. The van der Waals surface area contributed by atoms with E-state index in [1.54, 1.807) is 0 Å². The highest BCUT2D eigenvalue weighted by atomic mass is 79.9. The molecule has 122 valence electrons. The van der Waals surface area contributed by atoms with Crippen molar-refractivity contribution in [3.8, 4) is 0 Å². The summed E-state index contributed by atoms with van der Waals surface area (Å²) in [6, 6.07) is 6.03. The van der Waals surface area contributed by atoms with Crippen LogP contribution in [0, 0.1) is 0 Å². The summed E-state index contributed by atoms with van der Waals surface area (Å²) in [6.45, 7) is 5.84. The molecule has 1 aromatic rings. The van der Waals surface area contributed by atoms with Crippen LogP contribution in [0.15, 0.2) is 27.7 Å². The van der Waals surface area contributed by atoms with E-state index in [9.17, 15) is 4.57 Å². The topological polar surface area (TPSA) is 51.1 Å². The Kier molecular flexibility index (Phi) is 6.21. The smallest absolute Gasteiger partial charge is 0.336 e. The lowest BCUT2D eigenvalue weighted by Gasteiger charge is -2.21. The van der Waals surface area contributed by atoms with E-state index in [1.165, 1.54) is 0 Å². The normalized spacial score (nSPS) is 15.3. The van der Waals surface area contributed by atoms with E-state index in [2.05, 4.69) is 31.9 Å². The molecule has 22 heavy (non-hydrogen) atoms. The molecule has 5 nitrogen and oxygen atoms in total. The van der Waals surface area contributed by atoms with Gasteiger partial charge in [-0.1, -0.05) is 15.9 Å². The Bertz CT molecular complexity index is 596. The Hall–Kier alpha value is -0.680. The molecule has 0 atom stereocenters. The molecule has 0 unspecified atom stereocenters. The Balaban J connectivity index is 2.36. The zero-order valence-corrected chi connectivity index (χ0v) is 15.7. The number of aliphatic imine (C=N–C) groups is 1. The summed E-state index contributed by atoms with van der Waals surface area (Å²) in [6.07, 6.45) is 0.206. The van der Waals surface area contributed by atoms with E-state index < -0.39 is 7.60 Å². The molecular formula is C15H22BrN2O3P. The minimum Gasteiger partial charge on any atom is -0.372 e. The summed E-state index contributed by atoms with van der Waals surface area (Å²) >= 11 is 3.50. The van der Waals surface area contributed by atoms with E-state index in [1.807, 2.05) is 33.0 Å². The first-order chi connectivity index (χ1) is 10.5. The lowest BCUT2D eigenvalue weighted by molar-refractivity contribution is 0.223. The number of rotatable bonds is 6. The lowest BCUT2D eigenvalue weighted by atomic mass is 10.1. The first-order valence-electron chi connectivity index (χ1n) is 7.41. The van der Waals surface area contributed by atoms with Crippen molar-refractivity contribution in [2.75, 3.05) is 44.4 Å². The van der Waals surface area contributed by atoms with Gasteiger partial charge in [-0.05, 0) is 32.0 Å². The second kappa shape index (κ2) is 7.73. The maximum absolute atomic E-state index is 12.8. The fraction of sp³-hybridized carbons (Fsp3) is 0.533. The highest BCUT2D eigenvalue weighted by molar-refractivity contribution is 9.10. The molecule has 0 saturated carbocycles. The van der Waals surface area contributed by atoms with Crippen molar-refractivity contribution in [2.24, 2.45) is 4.99 Å². The Labute approximate surface area is 140 Å². The lowest BCUT2D eigenvalue weighted by Crippen LogP contribution is -2.20. The van der Waals surface area contributed by atoms with Gasteiger partial charge in [-0.2, -0.15) is 0 Å². The molecule has 0 fully saturated rings. The van der Waals surface area contributed by atoms with Gasteiger partial charge in [0.1, 0.15) is 0 Å². The summed E-state index contributed by atoms with van der Waals surface area (Å²) in [5.41, 5.74) is 2.85. The van der Waals surface area contributed by atoms with Crippen LogP contribution in [-0.2, 0) is 13.6 Å². The summed E-state index contributed by atoms with van der Waals surface area (Å²) in [4.78, 5) is 6.78. The largest absolute Gasteiger partial charge is 0.372 e. The molecular weight excluding hydrogens is 367 g/mol. The van der Waals surface area contributed by atoms with Crippen LogP contribution < -0.4 is 4.90 Å². The molecule has 0 N–H and O–H groups in total. The maximum atomic E-state index is 12.8. The first kappa shape index (κ1) is 17.7. The van der Waals surface area contributed by atoms with Crippen LogP contribution in [0.3, 0.4) is 0 Å². The number of benzene rings is 1. The van der Waals surface area contributed by atoms with Crippen molar-refractivity contribution in [1.82, 2.24) is 0 Å². The van der Waals surface area contributed by atoms with Crippen molar-refractivity contribution in [2.45, 2.75) is 13.8 Å². The number of fused-ring (bicyclic) bond motifs is 1. The van der Waals surface area contributed by atoms with Crippen molar-refractivity contribution >= 4 is 34.9 Å². The van der Waals surface area contributed by atoms with Crippen LogP contribution in [-0.4, -0.2) is 45.2 Å². The number of hydrogen-bond acceptors (Lipinski definition) is 5. The molecule has 0 radical (unpaired) electrons. The van der Waals surface area contributed by atoms with E-state index in [-0.39, 0.29) is 6.16 Å². The molecule has 2 rings (SSSR count). The fourth-order valence-electron chi connectivity index (χ4n) is 2.45. The second-order valence-corrected chi connectivity index (χ2v) is 7.99. The standard InChI is InChI=1S/C15H22BrN2O3P/c1-4-20-22(19,21-5-2)11-14-13-7-6-12(16)10-15(13)18(3)9-8-17-14/h6-7,10H,4-5,8-9,11H2,1-3H3. The molecule has 0 bridgehead atoms. The van der Waals surface area contributed by atoms with Crippen molar-refractivity contribution in [1.29, 1.82) is 0 Å². The van der Waals surface area contributed by atoms with Crippen molar-refractivity contribution in [3.63, 3.8) is 0 Å². The van der Waals surface area contributed by atoms with Gasteiger partial charge < -0.3 is 13.9 Å². The maximum Gasteiger partial charge on any atom is 0.336 e. The number of hydrogen-bond donors (Lipinski definition) is 0. The van der Waals surface area contributed by atoms with E-state index >= 15 is 0 Å². The van der Waals surface area contributed by atoms with Gasteiger partial charge in [-0.15, -0.1) is 0 Å². The second-order valence-electron chi connectivity index (χ2n) is 5.02. The van der Waals surface area contributed by atoms with E-state index in [0.29, 0.717) is 19.8 Å². The molecule has 7 heteroatoms. The number of anilines is 1. The summed E-state index contributed by atoms with van der Waals surface area (Å²) in [5.74, 6) is 0. The molecule has 1 aromatic carbocycles. The fourth-order valence-corrected chi connectivity index (χ4v) is 4.48. The third kappa shape index (κ3) is 4.19.